The molecule has 5 rings (SSSR count). The number of ether oxygens (including phenoxy) is 7. The number of aliphatic hydroxyl groups is 3. The van der Waals surface area contributed by atoms with Gasteiger partial charge in [-0.2, -0.15) is 11.8 Å². The van der Waals surface area contributed by atoms with Crippen molar-refractivity contribution in [2.45, 2.75) is 106 Å². The molecular weight excluding hydrogens is 1250 g/mol. The standard InChI is InChI=1S/C56H87N13O21S2/c1-4-32(2)47-53(80)60-26-45(75)62-40-31-92(83)55-36(35-5-6-42(72)37(49(35)67-55)30-91-22-21-90-20-19-89-18-17-88-16-15-87-14-13-86-12-11-85-10-9-84-8-7-61-68-58)24-38(50(77)59-27-46(76)65-47)63-54(81)48(33(3)43(73)29-70)66-52(79)41-23-34(71)28-69(41)56(82)39(25-44(57)74)64-51(40)78/h5-6,32-34,38-41,43,47-48,67,70-73H,4,7-31H2,1-3H3,(H2,57,74)(H,59,77)(H,60,80)(H,62,75)(H,63,81)(H,64,78)(H,65,76)(H,66,79)/t32-,33-,34+,38-,39-,40-,41-,43-,47-,48-,92?/m0/s1. The number of carbonyl (C=O) groups is 9. The summed E-state index contributed by atoms with van der Waals surface area (Å²) in [5, 5.41) is 64.0. The van der Waals surface area contributed by atoms with E-state index < -0.39 is 176 Å². The first-order chi connectivity index (χ1) is 44.2. The Morgan fingerprint density at radius 2 is 1.35 bits per heavy atom. The lowest BCUT2D eigenvalue weighted by molar-refractivity contribution is -0.144. The number of H-pyrrole nitrogens is 1. The molecule has 3 aliphatic heterocycles. The molecule has 9 amide bonds. The van der Waals surface area contributed by atoms with Gasteiger partial charge in [-0.3, -0.25) is 43.2 Å². The predicted molar refractivity (Wildman–Crippen MR) is 328 cm³/mol. The Labute approximate surface area is 538 Å². The number of phenols is 1. The minimum Gasteiger partial charge on any atom is -0.610 e. The van der Waals surface area contributed by atoms with Gasteiger partial charge < -0.3 is 111 Å². The van der Waals surface area contributed by atoms with Gasteiger partial charge in [0.15, 0.2) is 6.04 Å². The number of nitrogens with one attached hydrogen (secondary N) is 8. The number of hydrogen-bond donors (Lipinski definition) is 13. The molecule has 4 heterocycles. The Morgan fingerprint density at radius 1 is 0.772 bits per heavy atom. The number of benzene rings is 1. The van der Waals surface area contributed by atoms with Crippen LogP contribution in [0, 0.1) is 11.8 Å². The topological polar surface area (TPSA) is 500 Å². The number of nitrogens with zero attached hydrogens (tertiary/aromatic N) is 4. The molecule has 0 radical (unpaired) electrons. The fraction of sp³-hybridized carbons (Fsp3) is 0.696. The van der Waals surface area contributed by atoms with E-state index in [-0.39, 0.29) is 64.9 Å². The quantitative estimate of drug-likeness (QED) is 0.0106. The molecule has 0 saturated carbocycles. The van der Waals surface area contributed by atoms with Gasteiger partial charge >= 0.3 is 0 Å². The largest absolute Gasteiger partial charge is 0.610 e. The number of azide groups is 1. The van der Waals surface area contributed by atoms with Gasteiger partial charge in [0.25, 0.3) is 0 Å². The molecule has 1 aromatic heterocycles. The molecule has 92 heavy (non-hydrogen) atoms. The van der Waals surface area contributed by atoms with E-state index >= 15 is 4.55 Å². The Morgan fingerprint density at radius 3 is 1.92 bits per heavy atom. The maximum atomic E-state index is 15.2. The van der Waals surface area contributed by atoms with Crippen LogP contribution in [0.2, 0.25) is 0 Å². The fourth-order valence-corrected chi connectivity index (χ4v) is 12.1. The van der Waals surface area contributed by atoms with Gasteiger partial charge in [0.05, 0.1) is 136 Å². The predicted octanol–water partition coefficient (Wildman–Crippen LogP) is -4.26. The highest BCUT2D eigenvalue weighted by Gasteiger charge is 2.45. The van der Waals surface area contributed by atoms with Crippen molar-refractivity contribution in [1.82, 2.24) is 47.1 Å². The molecule has 1 fully saturated rings. The van der Waals surface area contributed by atoms with Crippen molar-refractivity contribution in [1.29, 1.82) is 0 Å². The van der Waals surface area contributed by atoms with Gasteiger partial charge in [0, 0.05) is 76.0 Å². The molecule has 0 spiro atoms. The van der Waals surface area contributed by atoms with Crippen LogP contribution in [0.1, 0.15) is 51.2 Å². The number of primary amides is 1. The lowest BCUT2D eigenvalue weighted by atomic mass is 9.93. The summed E-state index contributed by atoms with van der Waals surface area (Å²) in [5.74, 6) is -11.9. The number of fused-ring (bicyclic) bond motifs is 5. The molecule has 14 N–H and O–H groups in total. The summed E-state index contributed by atoms with van der Waals surface area (Å²) < 4.78 is 53.7. The number of rotatable bonds is 33. The fourth-order valence-electron chi connectivity index (χ4n) is 9.83. The van der Waals surface area contributed by atoms with Gasteiger partial charge in [0.1, 0.15) is 41.7 Å². The zero-order valence-electron chi connectivity index (χ0n) is 51.7. The van der Waals surface area contributed by atoms with Crippen molar-refractivity contribution >= 4 is 87.0 Å². The molecule has 1 unspecified atom stereocenters. The Balaban J connectivity index is 1.36. The molecular formula is C56H87N13O21S2. The maximum absolute atomic E-state index is 15.2. The first kappa shape index (κ1) is 76.1. The number of aromatic nitrogens is 1. The normalized spacial score (nSPS) is 23.4. The molecule has 0 aliphatic carbocycles. The van der Waals surface area contributed by atoms with Crippen LogP contribution in [0.3, 0.4) is 0 Å². The zero-order chi connectivity index (χ0) is 67.1. The summed E-state index contributed by atoms with van der Waals surface area (Å²) in [6.07, 6.45) is -4.64. The minimum absolute atomic E-state index is 0.0514. The first-order valence-corrected chi connectivity index (χ1v) is 32.6. The van der Waals surface area contributed by atoms with Crippen LogP contribution in [0.15, 0.2) is 22.3 Å². The molecule has 1 aromatic carbocycles. The third kappa shape index (κ3) is 24.4. The number of thioether (sulfide) groups is 1. The number of carbonyl (C=O) groups excluding carboxylic acids is 9. The molecule has 3 aliphatic rings. The van der Waals surface area contributed by atoms with Crippen LogP contribution in [-0.4, -0.2) is 273 Å². The van der Waals surface area contributed by atoms with Crippen molar-refractivity contribution in [3.8, 4) is 5.75 Å². The van der Waals surface area contributed by atoms with E-state index in [0.29, 0.717) is 84.8 Å². The Kier molecular flexibility index (Phi) is 33.5. The van der Waals surface area contributed by atoms with Crippen molar-refractivity contribution in [2.75, 3.05) is 137 Å². The molecule has 1 saturated heterocycles. The summed E-state index contributed by atoms with van der Waals surface area (Å²) in [6, 6.07) is -7.46. The Hall–Kier alpha value is -6.64. The SMILES string of the molecule is CC[C@H](C)[C@@H]1NC(=O)CNC(=O)[C@@H]2Cc3c([nH]c4c(CSCCOCCOCCOCCOCCOCCOCCOCCN=[N+]=[N-])c(O)ccc34)[S+]([O-])C[C@H](NC(=O)CNC1=O)C(=O)N[C@@H](CC(N)=O)C(=O)N1C[C@H](O)C[C@H]1C(=O)N[C@@H]([C@@H](C)[C@@H](O)CO)C(=O)N2. The summed E-state index contributed by atoms with van der Waals surface area (Å²) >= 11 is -1.14. The Bertz CT molecular complexity index is 2820. The van der Waals surface area contributed by atoms with Crippen LogP contribution in [-0.2, 0) is 99.7 Å². The average molecular weight is 1340 g/mol. The van der Waals surface area contributed by atoms with Gasteiger partial charge in [-0.05, 0) is 23.6 Å². The summed E-state index contributed by atoms with van der Waals surface area (Å²) in [7, 11) is 0. The molecule has 11 atom stereocenters. The van der Waals surface area contributed by atoms with E-state index in [0.717, 1.165) is 4.90 Å². The third-order valence-corrected chi connectivity index (χ3v) is 17.4. The minimum atomic E-state index is -2.48. The van der Waals surface area contributed by atoms with Crippen molar-refractivity contribution in [2.24, 2.45) is 22.7 Å². The van der Waals surface area contributed by atoms with E-state index in [2.05, 4.69) is 52.2 Å². The molecule has 34 nitrogen and oxygen atoms in total. The highest BCUT2D eigenvalue weighted by atomic mass is 32.2. The van der Waals surface area contributed by atoms with E-state index in [1.807, 2.05) is 0 Å². The summed E-state index contributed by atoms with van der Waals surface area (Å²) in [6.45, 7) is 6.69. The second-order valence-corrected chi connectivity index (χ2v) is 24.2. The summed E-state index contributed by atoms with van der Waals surface area (Å²) in [4.78, 5) is 133. The van der Waals surface area contributed by atoms with Crippen molar-refractivity contribution < 1.29 is 101 Å². The molecule has 514 valence electrons. The molecule has 2 bridgehead atoms. The van der Waals surface area contributed by atoms with Crippen molar-refractivity contribution in [3.05, 3.63) is 33.7 Å². The van der Waals surface area contributed by atoms with Gasteiger partial charge in [-0.15, -0.1) is 0 Å². The zero-order valence-corrected chi connectivity index (χ0v) is 53.4. The van der Waals surface area contributed by atoms with Crippen LogP contribution in [0.25, 0.3) is 21.3 Å². The number of aromatic hydroxyl groups is 1. The van der Waals surface area contributed by atoms with Crippen LogP contribution in [0.5, 0.6) is 5.75 Å². The number of nitrogens with two attached hydrogens (primary N) is 1. The summed E-state index contributed by atoms with van der Waals surface area (Å²) in [5.41, 5.74) is 14.3. The smallest absolute Gasteiger partial charge is 0.248 e. The monoisotopic (exact) mass is 1340 g/mol. The maximum Gasteiger partial charge on any atom is 0.248 e. The van der Waals surface area contributed by atoms with Gasteiger partial charge in [-0.25, -0.2) is 0 Å². The average Bonchev–Trinajstić information content (AvgIpc) is 1.62. The van der Waals surface area contributed by atoms with E-state index in [4.69, 9.17) is 44.4 Å². The second-order valence-electron chi connectivity index (χ2n) is 21.7. The van der Waals surface area contributed by atoms with Gasteiger partial charge in [0.2, 0.25) is 58.2 Å². The lowest BCUT2D eigenvalue weighted by Crippen LogP contribution is -2.62. The van der Waals surface area contributed by atoms with Gasteiger partial charge in [-0.1, -0.05) is 32.3 Å². The highest BCUT2D eigenvalue weighted by molar-refractivity contribution is 7.98. The first-order valence-electron chi connectivity index (χ1n) is 30.2. The van der Waals surface area contributed by atoms with E-state index in [9.17, 15) is 63.6 Å². The number of aliphatic hydroxyl groups excluding tert-OH is 3. The van der Waals surface area contributed by atoms with Crippen LogP contribution in [0.4, 0.5) is 0 Å². The number of hydrogen-bond acceptors (Lipinski definition) is 23. The number of amides is 9. The van der Waals surface area contributed by atoms with Crippen LogP contribution < -0.4 is 43.0 Å². The number of aromatic amines is 1. The third-order valence-electron chi connectivity index (χ3n) is 15.1. The van der Waals surface area contributed by atoms with Crippen LogP contribution >= 0.6 is 11.8 Å². The molecule has 2 aromatic rings. The van der Waals surface area contributed by atoms with E-state index in [1.54, 1.807) is 13.8 Å². The highest BCUT2D eigenvalue weighted by Crippen LogP contribution is 2.36. The number of phenolic OH excluding ortho intramolecular Hbond substituents is 1. The van der Waals surface area contributed by atoms with Crippen molar-refractivity contribution in [3.63, 3.8) is 0 Å². The second kappa shape index (κ2) is 40.5. The van der Waals surface area contributed by atoms with E-state index in [1.165, 1.54) is 30.8 Å². The molecule has 36 heteroatoms. The lowest BCUT2D eigenvalue weighted by Gasteiger charge is -2.32.